The quantitative estimate of drug-likeness (QED) is 0.183. The van der Waals surface area contributed by atoms with Crippen molar-refractivity contribution in [2.45, 2.75) is 122 Å². The van der Waals surface area contributed by atoms with Crippen molar-refractivity contribution in [3.05, 3.63) is 83.0 Å². The first-order valence-electron chi connectivity index (χ1n) is 22.9. The van der Waals surface area contributed by atoms with Gasteiger partial charge in [-0.1, -0.05) is 50.3 Å². The van der Waals surface area contributed by atoms with E-state index in [9.17, 15) is 28.2 Å². The van der Waals surface area contributed by atoms with Crippen LogP contribution in [0.1, 0.15) is 119 Å². The number of ketones is 1. The lowest BCUT2D eigenvalue weighted by Crippen LogP contribution is -2.67. The molecule has 10 heteroatoms. The van der Waals surface area contributed by atoms with Crippen LogP contribution in [0.4, 0.5) is 13.2 Å². The van der Waals surface area contributed by atoms with Crippen LogP contribution in [0.15, 0.2) is 66.3 Å². The van der Waals surface area contributed by atoms with E-state index in [0.29, 0.717) is 73.5 Å². The minimum absolute atomic E-state index is 0.00709. The molecule has 7 saturated carbocycles. The first-order chi connectivity index (χ1) is 28.9. The van der Waals surface area contributed by atoms with E-state index < -0.39 is 45.5 Å². The first kappa shape index (κ1) is 41.4. The number of alkyl halides is 3. The summed E-state index contributed by atoms with van der Waals surface area (Å²) in [5.41, 5.74) is -3.23. The van der Waals surface area contributed by atoms with Crippen LogP contribution >= 0.6 is 0 Å². The molecule has 7 fully saturated rings. The fourth-order valence-electron chi connectivity index (χ4n) is 16.3. The van der Waals surface area contributed by atoms with Gasteiger partial charge in [-0.15, -0.1) is 0 Å². The van der Waals surface area contributed by atoms with Gasteiger partial charge in [-0.3, -0.25) is 9.59 Å². The van der Waals surface area contributed by atoms with Crippen LogP contribution in [0.2, 0.25) is 0 Å². The predicted molar refractivity (Wildman–Crippen MR) is 225 cm³/mol. The van der Waals surface area contributed by atoms with Crippen LogP contribution < -0.4 is 9.47 Å². The number of carbonyl (C=O) groups is 2. The van der Waals surface area contributed by atoms with E-state index in [2.05, 4.69) is 26.0 Å². The topological polar surface area (TPSA) is 96.3 Å². The van der Waals surface area contributed by atoms with Crippen molar-refractivity contribution in [1.29, 1.82) is 0 Å². The van der Waals surface area contributed by atoms with Crippen LogP contribution in [0.5, 0.6) is 11.5 Å². The molecule has 61 heavy (non-hydrogen) atoms. The summed E-state index contributed by atoms with van der Waals surface area (Å²) in [6, 6.07) is 10.4. The molecule has 6 bridgehead atoms. The van der Waals surface area contributed by atoms with Gasteiger partial charge in [0.25, 0.3) is 0 Å². The van der Waals surface area contributed by atoms with Crippen molar-refractivity contribution in [2.24, 2.45) is 56.7 Å². The summed E-state index contributed by atoms with van der Waals surface area (Å²) < 4.78 is 53.3. The summed E-state index contributed by atoms with van der Waals surface area (Å²) in [6.45, 7) is 5.27. The van der Waals surface area contributed by atoms with E-state index in [0.717, 1.165) is 49.8 Å². The maximum absolute atomic E-state index is 15.0. The highest BCUT2D eigenvalue weighted by molar-refractivity contribution is 6.10. The van der Waals surface area contributed by atoms with Crippen molar-refractivity contribution in [3.8, 4) is 11.5 Å². The number of ether oxygens (including phenoxy) is 2. The lowest BCUT2D eigenvalue weighted by Gasteiger charge is -2.71. The molecule has 0 saturated heterocycles. The Bertz CT molecular complexity index is 2160. The lowest BCUT2D eigenvalue weighted by molar-refractivity contribution is -0.181. The third-order valence-corrected chi connectivity index (χ3v) is 18.7. The smallest absolute Gasteiger partial charge is 0.416 e. The summed E-state index contributed by atoms with van der Waals surface area (Å²) in [4.78, 5) is 32.0. The molecule has 8 atom stereocenters. The van der Waals surface area contributed by atoms with Gasteiger partial charge >= 0.3 is 6.18 Å². The standard InChI is InChI=1S/C51H62F3NO6/c1-45-13-10-37(56)27-48(45)16-17-50(38(28-48)44(58)35-6-5-7-36(23-35)51(52,53)54)41(45)11-14-46(2)42(50)12-15-49(46,59)30-55(29-47-24-32-18-33(25-47)20-34(19-32)26-47)43(57)22-31-8-9-39(60-3)40(21-31)61-4/h5-9,16-17,21,23,28,32-34,37,41-42,56,59H,10-15,18-20,22,24-27,29-30H2,1-4H3. The molecular formula is C51H62F3NO6. The van der Waals surface area contributed by atoms with Crippen LogP contribution in [0.25, 0.3) is 0 Å². The Balaban J connectivity index is 1.03. The highest BCUT2D eigenvalue weighted by atomic mass is 19.4. The number of hydrogen-bond donors (Lipinski definition) is 2. The number of aliphatic hydroxyl groups is 2. The number of fused-ring (bicyclic) bond motifs is 1. The molecular weight excluding hydrogens is 780 g/mol. The molecule has 10 aliphatic rings. The second kappa shape index (κ2) is 13.9. The van der Waals surface area contributed by atoms with Gasteiger partial charge in [0.15, 0.2) is 17.3 Å². The monoisotopic (exact) mass is 841 g/mol. The second-order valence-corrected chi connectivity index (χ2v) is 21.8. The molecule has 0 heterocycles. The fourth-order valence-corrected chi connectivity index (χ4v) is 16.3. The number of rotatable bonds is 10. The molecule has 7 nitrogen and oxygen atoms in total. The van der Waals surface area contributed by atoms with Crippen molar-refractivity contribution in [2.75, 3.05) is 27.3 Å². The number of hydrogen-bond acceptors (Lipinski definition) is 6. The first-order valence-corrected chi connectivity index (χ1v) is 22.9. The molecule has 0 aromatic heterocycles. The van der Waals surface area contributed by atoms with Crippen LogP contribution in [-0.4, -0.2) is 65.8 Å². The minimum atomic E-state index is -4.61. The molecule has 2 N–H and O–H groups in total. The fraction of sp³-hybridized carbons (Fsp3) is 0.647. The van der Waals surface area contributed by atoms with Gasteiger partial charge in [0.2, 0.25) is 5.91 Å². The van der Waals surface area contributed by atoms with Gasteiger partial charge in [0.1, 0.15) is 0 Å². The van der Waals surface area contributed by atoms with Gasteiger partial charge in [-0.25, -0.2) is 0 Å². The lowest BCUT2D eigenvalue weighted by atomic mass is 9.32. The summed E-state index contributed by atoms with van der Waals surface area (Å²) in [7, 11) is 3.18. The molecule has 1 amide bonds. The van der Waals surface area contributed by atoms with Crippen molar-refractivity contribution in [1.82, 2.24) is 4.90 Å². The molecule has 12 rings (SSSR count). The Kier molecular flexibility index (Phi) is 9.45. The van der Waals surface area contributed by atoms with Crippen molar-refractivity contribution < 1.29 is 42.4 Å². The molecule has 328 valence electrons. The average Bonchev–Trinajstić information content (AvgIpc) is 3.48. The van der Waals surface area contributed by atoms with Gasteiger partial charge < -0.3 is 24.6 Å². The molecule has 2 spiro atoms. The normalized spacial score (nSPS) is 41.4. The van der Waals surface area contributed by atoms with E-state index in [4.69, 9.17) is 9.47 Å². The number of carbonyl (C=O) groups excluding carboxylic acids is 2. The number of Topliss-reactive ketones (excluding diaryl/α,β-unsaturated/α-hetero) is 1. The zero-order chi connectivity index (χ0) is 43.0. The maximum atomic E-state index is 15.0. The van der Waals surface area contributed by atoms with Gasteiger partial charge in [-0.05, 0) is 154 Å². The molecule has 8 unspecified atom stereocenters. The minimum Gasteiger partial charge on any atom is -0.493 e. The summed E-state index contributed by atoms with van der Waals surface area (Å²) in [5, 5.41) is 24.6. The second-order valence-electron chi connectivity index (χ2n) is 21.8. The van der Waals surface area contributed by atoms with Gasteiger partial charge in [-0.2, -0.15) is 13.2 Å². The summed E-state index contributed by atoms with van der Waals surface area (Å²) in [5.74, 6) is 2.58. The molecule has 2 aromatic carbocycles. The zero-order valence-electron chi connectivity index (χ0n) is 36.2. The third-order valence-electron chi connectivity index (χ3n) is 18.7. The average molecular weight is 842 g/mol. The molecule has 0 radical (unpaired) electrons. The zero-order valence-corrected chi connectivity index (χ0v) is 36.2. The summed E-state index contributed by atoms with van der Waals surface area (Å²) >= 11 is 0. The molecule has 10 aliphatic carbocycles. The number of methoxy groups -OCH3 is 2. The number of benzene rings is 2. The number of nitrogens with zero attached hydrogens (tertiary/aromatic N) is 1. The number of halogens is 3. The van der Waals surface area contributed by atoms with Crippen molar-refractivity contribution >= 4 is 11.7 Å². The SMILES string of the molecule is COc1ccc(CC(=O)N(CC23CC4CC(CC(C4)C2)C3)CC2(O)CCC3C45C=CC6(C=C4C(=O)c4cccc(C(F)(F)F)c4)CC(O)CCC6(C)C5CCC32C)cc1OC. The van der Waals surface area contributed by atoms with Gasteiger partial charge in [0.05, 0.1) is 37.9 Å². The Morgan fingerprint density at radius 3 is 2.13 bits per heavy atom. The largest absolute Gasteiger partial charge is 0.493 e. The highest BCUT2D eigenvalue weighted by Gasteiger charge is 2.74. The Morgan fingerprint density at radius 1 is 0.803 bits per heavy atom. The van der Waals surface area contributed by atoms with Crippen molar-refractivity contribution in [3.63, 3.8) is 0 Å². The maximum Gasteiger partial charge on any atom is 0.416 e. The van der Waals surface area contributed by atoms with E-state index >= 15 is 4.79 Å². The Morgan fingerprint density at radius 2 is 1.46 bits per heavy atom. The Labute approximate surface area is 358 Å². The highest BCUT2D eigenvalue weighted by Crippen LogP contribution is 2.78. The number of allylic oxidation sites excluding steroid dienone is 4. The van der Waals surface area contributed by atoms with Gasteiger partial charge in [0, 0.05) is 40.5 Å². The predicted octanol–water partition coefficient (Wildman–Crippen LogP) is 9.78. The molecule has 2 aromatic rings. The van der Waals surface area contributed by atoms with Crippen LogP contribution in [-0.2, 0) is 17.4 Å². The van der Waals surface area contributed by atoms with E-state index in [1.54, 1.807) is 14.2 Å². The number of amides is 1. The number of aliphatic hydroxyl groups excluding tert-OH is 1. The van der Waals surface area contributed by atoms with Crippen LogP contribution in [0, 0.1) is 56.7 Å². The van der Waals surface area contributed by atoms with Crippen LogP contribution in [0.3, 0.4) is 0 Å². The van der Waals surface area contributed by atoms with E-state index in [1.165, 1.54) is 31.4 Å². The summed E-state index contributed by atoms with van der Waals surface area (Å²) in [6.07, 6.45) is 13.0. The van der Waals surface area contributed by atoms with E-state index in [-0.39, 0.29) is 47.1 Å². The Hall–Kier alpha value is -3.63. The van der Waals surface area contributed by atoms with E-state index in [1.807, 2.05) is 29.2 Å². The molecule has 0 aliphatic heterocycles. The third kappa shape index (κ3) is 6.09.